The number of likely N-dealkylation sites (N-methyl/N-ethyl adjacent to an activating group) is 1. The molecule has 0 spiro atoms. The minimum Gasteiger partial charge on any atom is -0.380 e. The number of hydrogen-bond acceptors (Lipinski definition) is 2. The van der Waals surface area contributed by atoms with E-state index in [2.05, 4.69) is 25.8 Å². The Kier molecular flexibility index (Phi) is 8.95. The predicted octanol–water partition coefficient (Wildman–Crippen LogP) is 2.14. The Labute approximate surface area is 76.9 Å². The van der Waals surface area contributed by atoms with Gasteiger partial charge in [-0.1, -0.05) is 20.3 Å². The summed E-state index contributed by atoms with van der Waals surface area (Å²) in [7, 11) is 2.15. The van der Waals surface area contributed by atoms with Crippen molar-refractivity contribution in [2.75, 3.05) is 33.4 Å². The third-order valence-corrected chi connectivity index (χ3v) is 1.86. The molecule has 0 aromatic rings. The van der Waals surface area contributed by atoms with Crippen LogP contribution in [0.1, 0.15) is 33.1 Å². The van der Waals surface area contributed by atoms with Crippen molar-refractivity contribution in [2.24, 2.45) is 0 Å². The summed E-state index contributed by atoms with van der Waals surface area (Å²) >= 11 is 0. The molecule has 0 aliphatic carbocycles. The van der Waals surface area contributed by atoms with E-state index in [-0.39, 0.29) is 0 Å². The molecule has 2 nitrogen and oxygen atoms in total. The molecule has 0 N–H and O–H groups in total. The molecule has 0 aliphatic rings. The summed E-state index contributed by atoms with van der Waals surface area (Å²) in [6.45, 7) is 8.45. The quantitative estimate of drug-likeness (QED) is 0.521. The van der Waals surface area contributed by atoms with E-state index in [4.69, 9.17) is 4.74 Å². The zero-order valence-electron chi connectivity index (χ0n) is 8.81. The maximum Gasteiger partial charge on any atom is 0.0593 e. The van der Waals surface area contributed by atoms with Gasteiger partial charge in [0.2, 0.25) is 0 Å². The number of rotatable bonds is 8. The average Bonchev–Trinajstić information content (AvgIpc) is 2.05. The molecule has 0 saturated heterocycles. The first-order valence-electron chi connectivity index (χ1n) is 5.07. The molecule has 0 heterocycles. The van der Waals surface area contributed by atoms with Crippen molar-refractivity contribution >= 4 is 0 Å². The molecule has 0 radical (unpaired) electrons. The SMILES string of the molecule is CCCCOCCN(C)CCC. The summed E-state index contributed by atoms with van der Waals surface area (Å²) in [5.74, 6) is 0. The number of ether oxygens (including phenoxy) is 1. The molecule has 0 rings (SSSR count). The molecule has 0 bridgehead atoms. The van der Waals surface area contributed by atoms with Crippen LogP contribution in [-0.2, 0) is 4.74 Å². The van der Waals surface area contributed by atoms with Gasteiger partial charge in [0.05, 0.1) is 6.61 Å². The van der Waals surface area contributed by atoms with Crippen molar-refractivity contribution in [3.8, 4) is 0 Å². The van der Waals surface area contributed by atoms with E-state index in [1.54, 1.807) is 0 Å². The molecule has 0 fully saturated rings. The first-order chi connectivity index (χ1) is 5.81. The Morgan fingerprint density at radius 3 is 2.33 bits per heavy atom. The molecule has 2 heteroatoms. The van der Waals surface area contributed by atoms with Crippen LogP contribution in [0, 0.1) is 0 Å². The van der Waals surface area contributed by atoms with Crippen molar-refractivity contribution in [3.05, 3.63) is 0 Å². The van der Waals surface area contributed by atoms with Crippen molar-refractivity contribution in [1.29, 1.82) is 0 Å². The van der Waals surface area contributed by atoms with Crippen LogP contribution in [-0.4, -0.2) is 38.3 Å². The van der Waals surface area contributed by atoms with Crippen LogP contribution < -0.4 is 0 Å². The normalized spacial score (nSPS) is 11.0. The van der Waals surface area contributed by atoms with Crippen LogP contribution >= 0.6 is 0 Å². The van der Waals surface area contributed by atoms with Gasteiger partial charge in [-0.15, -0.1) is 0 Å². The largest absolute Gasteiger partial charge is 0.380 e. The fraction of sp³-hybridized carbons (Fsp3) is 1.00. The monoisotopic (exact) mass is 173 g/mol. The maximum absolute atomic E-state index is 5.45. The van der Waals surface area contributed by atoms with Crippen LogP contribution in [0.5, 0.6) is 0 Å². The van der Waals surface area contributed by atoms with Gasteiger partial charge in [-0.2, -0.15) is 0 Å². The highest BCUT2D eigenvalue weighted by Gasteiger charge is 1.94. The first-order valence-corrected chi connectivity index (χ1v) is 5.07. The zero-order valence-corrected chi connectivity index (χ0v) is 8.81. The van der Waals surface area contributed by atoms with E-state index in [0.717, 1.165) is 19.8 Å². The van der Waals surface area contributed by atoms with E-state index in [9.17, 15) is 0 Å². The molecule has 74 valence electrons. The highest BCUT2D eigenvalue weighted by Crippen LogP contribution is 1.90. The molecule has 0 aromatic carbocycles. The molecule has 0 saturated carbocycles. The van der Waals surface area contributed by atoms with Crippen LogP contribution in [0.2, 0.25) is 0 Å². The summed E-state index contributed by atoms with van der Waals surface area (Å²) in [6, 6.07) is 0. The third-order valence-electron chi connectivity index (χ3n) is 1.86. The minimum absolute atomic E-state index is 0.885. The average molecular weight is 173 g/mol. The van der Waals surface area contributed by atoms with Gasteiger partial charge >= 0.3 is 0 Å². The summed E-state index contributed by atoms with van der Waals surface area (Å²) in [6.07, 6.45) is 3.65. The highest BCUT2D eigenvalue weighted by molar-refractivity contribution is 4.47. The van der Waals surface area contributed by atoms with Gasteiger partial charge in [-0.3, -0.25) is 0 Å². The van der Waals surface area contributed by atoms with Gasteiger partial charge in [0, 0.05) is 13.2 Å². The van der Waals surface area contributed by atoms with E-state index >= 15 is 0 Å². The lowest BCUT2D eigenvalue weighted by molar-refractivity contribution is 0.109. The Morgan fingerprint density at radius 1 is 1.00 bits per heavy atom. The van der Waals surface area contributed by atoms with Crippen molar-refractivity contribution < 1.29 is 4.74 Å². The topological polar surface area (TPSA) is 12.5 Å². The molecule has 0 amide bonds. The van der Waals surface area contributed by atoms with Crippen LogP contribution in [0.4, 0.5) is 0 Å². The van der Waals surface area contributed by atoms with Gasteiger partial charge < -0.3 is 9.64 Å². The molecular formula is C10H23NO. The summed E-state index contributed by atoms with van der Waals surface area (Å²) in [5.41, 5.74) is 0. The van der Waals surface area contributed by atoms with E-state index in [1.165, 1.54) is 25.8 Å². The van der Waals surface area contributed by atoms with Crippen molar-refractivity contribution in [1.82, 2.24) is 4.90 Å². The Balaban J connectivity index is 2.97. The second kappa shape index (κ2) is 9.01. The predicted molar refractivity (Wildman–Crippen MR) is 53.5 cm³/mol. The number of nitrogens with zero attached hydrogens (tertiary/aromatic N) is 1. The minimum atomic E-state index is 0.885. The fourth-order valence-electron chi connectivity index (χ4n) is 1.06. The molecule has 0 aromatic heterocycles. The first kappa shape index (κ1) is 11.9. The van der Waals surface area contributed by atoms with E-state index in [1.807, 2.05) is 0 Å². The van der Waals surface area contributed by atoms with E-state index in [0.29, 0.717) is 0 Å². The van der Waals surface area contributed by atoms with Gasteiger partial charge in [-0.05, 0) is 26.4 Å². The Morgan fingerprint density at radius 2 is 1.75 bits per heavy atom. The summed E-state index contributed by atoms with van der Waals surface area (Å²) in [4.78, 5) is 2.31. The van der Waals surface area contributed by atoms with Gasteiger partial charge in [0.1, 0.15) is 0 Å². The standard InChI is InChI=1S/C10H23NO/c1-4-6-9-12-10-8-11(3)7-5-2/h4-10H2,1-3H3. The number of hydrogen-bond donors (Lipinski definition) is 0. The Hall–Kier alpha value is -0.0800. The van der Waals surface area contributed by atoms with Crippen molar-refractivity contribution in [3.63, 3.8) is 0 Å². The highest BCUT2D eigenvalue weighted by atomic mass is 16.5. The second-order valence-electron chi connectivity index (χ2n) is 3.27. The number of unbranched alkanes of at least 4 members (excludes halogenated alkanes) is 1. The summed E-state index contributed by atoms with van der Waals surface area (Å²) in [5, 5.41) is 0. The lowest BCUT2D eigenvalue weighted by Crippen LogP contribution is -2.24. The summed E-state index contributed by atoms with van der Waals surface area (Å²) < 4.78 is 5.45. The smallest absolute Gasteiger partial charge is 0.0593 e. The van der Waals surface area contributed by atoms with Crippen LogP contribution in [0.3, 0.4) is 0 Å². The fourth-order valence-corrected chi connectivity index (χ4v) is 1.06. The molecule has 0 aliphatic heterocycles. The third kappa shape index (κ3) is 8.02. The van der Waals surface area contributed by atoms with E-state index < -0.39 is 0 Å². The van der Waals surface area contributed by atoms with Gasteiger partial charge in [-0.25, -0.2) is 0 Å². The molecule has 0 unspecified atom stereocenters. The zero-order chi connectivity index (χ0) is 9.23. The van der Waals surface area contributed by atoms with Crippen molar-refractivity contribution in [2.45, 2.75) is 33.1 Å². The Bertz CT molecular complexity index is 85.9. The van der Waals surface area contributed by atoms with Gasteiger partial charge in [0.25, 0.3) is 0 Å². The lowest BCUT2D eigenvalue weighted by atomic mass is 10.4. The van der Waals surface area contributed by atoms with Gasteiger partial charge in [0.15, 0.2) is 0 Å². The van der Waals surface area contributed by atoms with Crippen LogP contribution in [0.15, 0.2) is 0 Å². The molecule has 12 heavy (non-hydrogen) atoms. The molecule has 0 atom stereocenters. The van der Waals surface area contributed by atoms with Crippen LogP contribution in [0.25, 0.3) is 0 Å². The molecular weight excluding hydrogens is 150 g/mol. The lowest BCUT2D eigenvalue weighted by Gasteiger charge is -2.14. The second-order valence-corrected chi connectivity index (χ2v) is 3.27. The maximum atomic E-state index is 5.45.